The number of nitrogens with zero attached hydrogens (tertiary/aromatic N) is 1. The third kappa shape index (κ3) is 3.91. The molecule has 0 atom stereocenters. The number of primary amides is 1. The summed E-state index contributed by atoms with van der Waals surface area (Å²) in [5, 5.41) is 16.0. The average Bonchev–Trinajstić information content (AvgIpc) is 2.29. The maximum absolute atomic E-state index is 11.1. The van der Waals surface area contributed by atoms with Crippen LogP contribution in [0.15, 0.2) is 24.0 Å². The fourth-order valence-corrected chi connectivity index (χ4v) is 1.24. The number of pyridine rings is 1. The van der Waals surface area contributed by atoms with E-state index in [1.165, 1.54) is 32.1 Å². The number of carboxylic acids is 1. The number of nitrogens with one attached hydrogen (secondary N) is 1. The zero-order chi connectivity index (χ0) is 14.6. The van der Waals surface area contributed by atoms with Crippen molar-refractivity contribution in [2.24, 2.45) is 5.73 Å². The lowest BCUT2D eigenvalue weighted by molar-refractivity contribution is -0.116. The highest BCUT2D eigenvalue weighted by Gasteiger charge is 2.13. The molecule has 0 unspecified atom stereocenters. The molecule has 0 radical (unpaired) electrons. The molecular weight excluding hydrogens is 250 g/mol. The molecule has 1 aromatic heterocycles. The maximum atomic E-state index is 11.1. The Morgan fingerprint density at radius 3 is 2.53 bits per heavy atom. The van der Waals surface area contributed by atoms with Gasteiger partial charge in [-0.25, -0.2) is 9.78 Å². The standard InChI is InChI=1S/C12H13N3O4/c1-6(13)5-10(11(14)16)19-9-4-3-8(12(17)18)15-7(9)2/h3-5,13H,1-2H3,(H2,14,16)(H,17,18)/b10-5+,13-6?. The van der Waals surface area contributed by atoms with Gasteiger partial charge in [-0.3, -0.25) is 4.79 Å². The molecule has 1 heterocycles. The van der Waals surface area contributed by atoms with Gasteiger partial charge in [-0.15, -0.1) is 0 Å². The van der Waals surface area contributed by atoms with Crippen molar-refractivity contribution in [2.75, 3.05) is 0 Å². The normalized spacial score (nSPS) is 10.9. The van der Waals surface area contributed by atoms with Crippen LogP contribution in [0.1, 0.15) is 23.1 Å². The largest absolute Gasteiger partial charge is 0.477 e. The molecule has 0 fully saturated rings. The second kappa shape index (κ2) is 5.76. The highest BCUT2D eigenvalue weighted by molar-refractivity contribution is 6.00. The molecule has 0 bridgehead atoms. The van der Waals surface area contributed by atoms with E-state index in [2.05, 4.69) is 4.98 Å². The lowest BCUT2D eigenvalue weighted by Gasteiger charge is -2.09. The second-order valence-electron chi connectivity index (χ2n) is 3.74. The summed E-state index contributed by atoms with van der Waals surface area (Å²) in [6, 6.07) is 2.63. The van der Waals surface area contributed by atoms with Gasteiger partial charge in [0.25, 0.3) is 5.91 Å². The first-order chi connectivity index (χ1) is 8.81. The van der Waals surface area contributed by atoms with Crippen LogP contribution in [0.5, 0.6) is 5.75 Å². The van der Waals surface area contributed by atoms with Crippen LogP contribution in [0.25, 0.3) is 0 Å². The number of rotatable bonds is 5. The van der Waals surface area contributed by atoms with Crippen molar-refractivity contribution in [3.05, 3.63) is 35.4 Å². The zero-order valence-electron chi connectivity index (χ0n) is 10.4. The van der Waals surface area contributed by atoms with Crippen LogP contribution >= 0.6 is 0 Å². The van der Waals surface area contributed by atoms with Crippen LogP contribution in [0.4, 0.5) is 0 Å². The molecule has 0 saturated heterocycles. The van der Waals surface area contributed by atoms with Gasteiger partial charge in [0.15, 0.2) is 5.76 Å². The van der Waals surface area contributed by atoms with Crippen LogP contribution < -0.4 is 10.5 Å². The van der Waals surface area contributed by atoms with Gasteiger partial charge in [0.1, 0.15) is 11.4 Å². The molecule has 7 nitrogen and oxygen atoms in total. The summed E-state index contributed by atoms with van der Waals surface area (Å²) >= 11 is 0. The summed E-state index contributed by atoms with van der Waals surface area (Å²) in [7, 11) is 0. The molecule has 7 heteroatoms. The number of aromatic carboxylic acids is 1. The van der Waals surface area contributed by atoms with E-state index in [-0.39, 0.29) is 22.9 Å². The van der Waals surface area contributed by atoms with E-state index in [9.17, 15) is 9.59 Å². The van der Waals surface area contributed by atoms with Crippen LogP contribution in [-0.4, -0.2) is 27.7 Å². The molecule has 0 aliphatic carbocycles. The van der Waals surface area contributed by atoms with E-state index in [0.717, 1.165) is 0 Å². The number of nitrogens with two attached hydrogens (primary N) is 1. The number of carbonyl (C=O) groups excluding carboxylic acids is 1. The molecule has 0 aromatic carbocycles. The quantitative estimate of drug-likeness (QED) is 0.413. The van der Waals surface area contributed by atoms with Crippen LogP contribution in [0, 0.1) is 12.3 Å². The van der Waals surface area contributed by atoms with E-state index in [0.29, 0.717) is 5.69 Å². The van der Waals surface area contributed by atoms with E-state index in [4.69, 9.17) is 21.0 Å². The first-order valence-electron chi connectivity index (χ1n) is 5.26. The van der Waals surface area contributed by atoms with Gasteiger partial charge in [0, 0.05) is 11.8 Å². The third-order valence-electron chi connectivity index (χ3n) is 2.07. The molecule has 1 rings (SSSR count). The summed E-state index contributed by atoms with van der Waals surface area (Å²) in [4.78, 5) is 25.7. The summed E-state index contributed by atoms with van der Waals surface area (Å²) in [6.45, 7) is 3.00. The fraction of sp³-hybridized carbons (Fsp3) is 0.167. The van der Waals surface area contributed by atoms with Gasteiger partial charge >= 0.3 is 5.97 Å². The second-order valence-corrected chi connectivity index (χ2v) is 3.74. The Bertz CT molecular complexity index is 578. The summed E-state index contributed by atoms with van der Waals surface area (Å²) in [6.07, 6.45) is 1.17. The number of aromatic nitrogens is 1. The van der Waals surface area contributed by atoms with Crippen molar-refractivity contribution in [3.63, 3.8) is 0 Å². The predicted octanol–water partition coefficient (Wildman–Crippen LogP) is 0.876. The van der Waals surface area contributed by atoms with Gasteiger partial charge in [-0.2, -0.15) is 0 Å². The highest BCUT2D eigenvalue weighted by atomic mass is 16.5. The minimum atomic E-state index is -1.16. The number of ether oxygens (including phenoxy) is 1. The first kappa shape index (κ1) is 14.4. The highest BCUT2D eigenvalue weighted by Crippen LogP contribution is 2.18. The van der Waals surface area contributed by atoms with Gasteiger partial charge in [-0.1, -0.05) is 0 Å². The predicted molar refractivity (Wildman–Crippen MR) is 67.2 cm³/mol. The smallest absolute Gasteiger partial charge is 0.354 e. The molecule has 1 aromatic rings. The Hall–Kier alpha value is -2.70. The monoisotopic (exact) mass is 263 g/mol. The van der Waals surface area contributed by atoms with Crippen LogP contribution in [0.2, 0.25) is 0 Å². The van der Waals surface area contributed by atoms with Gasteiger partial charge in [-0.05, 0) is 26.0 Å². The number of aryl methyl sites for hydroxylation is 1. The maximum Gasteiger partial charge on any atom is 0.354 e. The first-order valence-corrected chi connectivity index (χ1v) is 5.26. The average molecular weight is 263 g/mol. The molecular formula is C12H13N3O4. The molecule has 100 valence electrons. The number of carbonyl (C=O) groups is 2. The minimum absolute atomic E-state index is 0.0987. The molecule has 0 aliphatic heterocycles. The number of amides is 1. The van der Waals surface area contributed by atoms with Crippen molar-refractivity contribution in [1.82, 2.24) is 4.98 Å². The zero-order valence-corrected chi connectivity index (χ0v) is 10.4. The Labute approximate surface area is 109 Å². The SMILES string of the molecule is CC(=N)/C=C(/Oc1ccc(C(=O)O)nc1C)C(N)=O. The number of hydrogen-bond donors (Lipinski definition) is 3. The molecule has 1 amide bonds. The van der Waals surface area contributed by atoms with Crippen molar-refractivity contribution < 1.29 is 19.4 Å². The lowest BCUT2D eigenvalue weighted by Crippen LogP contribution is -2.19. The van der Waals surface area contributed by atoms with Crippen molar-refractivity contribution in [3.8, 4) is 5.75 Å². The van der Waals surface area contributed by atoms with Crippen molar-refractivity contribution >= 4 is 17.6 Å². The number of hydrogen-bond acceptors (Lipinski definition) is 5. The fourth-order valence-electron chi connectivity index (χ4n) is 1.24. The topological polar surface area (TPSA) is 126 Å². The van der Waals surface area contributed by atoms with Gasteiger partial charge < -0.3 is 21.0 Å². The lowest BCUT2D eigenvalue weighted by atomic mass is 10.3. The minimum Gasteiger partial charge on any atom is -0.477 e. The molecule has 4 N–H and O–H groups in total. The molecule has 0 spiro atoms. The Kier molecular flexibility index (Phi) is 4.36. The van der Waals surface area contributed by atoms with Crippen LogP contribution in [0.3, 0.4) is 0 Å². The Balaban J connectivity index is 3.08. The molecule has 0 aliphatic rings. The number of allylic oxidation sites excluding steroid dienone is 1. The van der Waals surface area contributed by atoms with Crippen molar-refractivity contribution in [2.45, 2.75) is 13.8 Å². The van der Waals surface area contributed by atoms with E-state index < -0.39 is 11.9 Å². The Morgan fingerprint density at radius 2 is 2.11 bits per heavy atom. The summed E-state index contributed by atoms with van der Waals surface area (Å²) in [5.41, 5.74) is 5.39. The molecule has 19 heavy (non-hydrogen) atoms. The van der Waals surface area contributed by atoms with Gasteiger partial charge in [0.2, 0.25) is 0 Å². The van der Waals surface area contributed by atoms with E-state index in [1.54, 1.807) is 0 Å². The number of carboxylic acid groups (broad SMARTS) is 1. The van der Waals surface area contributed by atoms with E-state index in [1.807, 2.05) is 0 Å². The van der Waals surface area contributed by atoms with E-state index >= 15 is 0 Å². The summed E-state index contributed by atoms with van der Waals surface area (Å²) < 4.78 is 5.24. The van der Waals surface area contributed by atoms with Crippen LogP contribution in [-0.2, 0) is 4.79 Å². The third-order valence-corrected chi connectivity index (χ3v) is 2.07. The Morgan fingerprint density at radius 1 is 1.47 bits per heavy atom. The summed E-state index contributed by atoms with van der Waals surface area (Å²) in [5.74, 6) is -1.99. The van der Waals surface area contributed by atoms with Crippen molar-refractivity contribution in [1.29, 1.82) is 5.41 Å². The van der Waals surface area contributed by atoms with Gasteiger partial charge in [0.05, 0.1) is 5.69 Å². The molecule has 0 saturated carbocycles.